The van der Waals surface area contributed by atoms with E-state index < -0.39 is 21.9 Å². The maximum atomic E-state index is 13.9. The van der Waals surface area contributed by atoms with E-state index in [1.165, 1.54) is 23.5 Å². The fraction of sp³-hybridized carbons (Fsp3) is 0.423. The lowest BCUT2D eigenvalue weighted by atomic mass is 9.91. The molecule has 2 aromatic rings. The normalized spacial score (nSPS) is 22.6. The summed E-state index contributed by atoms with van der Waals surface area (Å²) in [5.74, 6) is 0.131. The highest BCUT2D eigenvalue weighted by Crippen LogP contribution is 2.43. The summed E-state index contributed by atoms with van der Waals surface area (Å²) < 4.78 is 43.5. The van der Waals surface area contributed by atoms with Crippen LogP contribution in [-0.4, -0.2) is 54.7 Å². The van der Waals surface area contributed by atoms with Crippen LogP contribution in [0, 0.1) is 11.2 Å². The van der Waals surface area contributed by atoms with E-state index in [0.29, 0.717) is 47.8 Å². The summed E-state index contributed by atoms with van der Waals surface area (Å²) in [4.78, 5) is 11.5. The molecule has 0 unspecified atom stereocenters. The number of nitrogens with one attached hydrogen (secondary N) is 3. The maximum absolute atomic E-state index is 13.9. The standard InChI is InChI=1S/C26H30ClFN6O2S2/c1-30-10-9-21(29)23-22-14-17(33-38(35,36)18-5-3-2-4-6-18)15-34(22)25(26-31-11-12-37-26)32-24(23)19-8-7-16(28)13-20(19)27/h7-13,17-18,24,29-30,33H,2-6,14-15H2,1H3/b10-9-,29-21?/t17-,24-/m0/s1. The highest BCUT2D eigenvalue weighted by atomic mass is 35.5. The van der Waals surface area contributed by atoms with Crippen molar-refractivity contribution in [3.8, 4) is 0 Å². The average Bonchev–Trinajstić information content (AvgIpc) is 3.57. The first-order chi connectivity index (χ1) is 18.3. The predicted molar refractivity (Wildman–Crippen MR) is 150 cm³/mol. The van der Waals surface area contributed by atoms with Crippen molar-refractivity contribution in [2.75, 3.05) is 13.6 Å². The Balaban J connectivity index is 1.59. The zero-order valence-electron chi connectivity index (χ0n) is 21.0. The molecule has 1 saturated heterocycles. The van der Waals surface area contributed by atoms with Crippen molar-refractivity contribution in [3.63, 3.8) is 0 Å². The van der Waals surface area contributed by atoms with Gasteiger partial charge in [0.15, 0.2) is 10.8 Å². The van der Waals surface area contributed by atoms with E-state index in [4.69, 9.17) is 22.0 Å². The second-order valence-corrected chi connectivity index (χ2v) is 13.0. The van der Waals surface area contributed by atoms with Crippen LogP contribution < -0.4 is 10.0 Å². The number of allylic oxidation sites excluding steroid dienone is 1. The Hall–Kier alpha value is -2.60. The number of halogens is 2. The number of benzene rings is 1. The molecule has 38 heavy (non-hydrogen) atoms. The first kappa shape index (κ1) is 27.0. The number of aromatic nitrogens is 1. The van der Waals surface area contributed by atoms with Gasteiger partial charge in [-0.3, -0.25) is 4.99 Å². The summed E-state index contributed by atoms with van der Waals surface area (Å²) in [6, 6.07) is 3.09. The van der Waals surface area contributed by atoms with Gasteiger partial charge in [-0.1, -0.05) is 36.9 Å². The van der Waals surface area contributed by atoms with Gasteiger partial charge in [0, 0.05) is 59.5 Å². The van der Waals surface area contributed by atoms with Gasteiger partial charge in [-0.2, -0.15) is 0 Å². The highest BCUT2D eigenvalue weighted by Gasteiger charge is 2.42. The number of fused-ring (bicyclic) bond motifs is 1. The van der Waals surface area contributed by atoms with Crippen molar-refractivity contribution in [3.05, 3.63) is 74.7 Å². The Bertz CT molecular complexity index is 1400. The summed E-state index contributed by atoms with van der Waals surface area (Å²) in [6.45, 7) is 0.371. The van der Waals surface area contributed by atoms with E-state index in [-0.39, 0.29) is 22.0 Å². The second-order valence-electron chi connectivity index (χ2n) is 9.69. The second kappa shape index (κ2) is 11.3. The van der Waals surface area contributed by atoms with Crippen LogP contribution in [0.1, 0.15) is 55.1 Å². The van der Waals surface area contributed by atoms with Crippen LogP contribution in [0.4, 0.5) is 4.39 Å². The van der Waals surface area contributed by atoms with Crippen molar-refractivity contribution < 1.29 is 12.8 Å². The molecule has 1 aliphatic carbocycles. The third-order valence-corrected chi connectivity index (χ3v) is 10.3. The van der Waals surface area contributed by atoms with Crippen LogP contribution in [0.25, 0.3) is 0 Å². The minimum atomic E-state index is -3.50. The molecule has 202 valence electrons. The van der Waals surface area contributed by atoms with Gasteiger partial charge < -0.3 is 15.6 Å². The van der Waals surface area contributed by atoms with Crippen molar-refractivity contribution in [1.82, 2.24) is 19.9 Å². The smallest absolute Gasteiger partial charge is 0.214 e. The Labute approximate surface area is 231 Å². The molecular formula is C26H30ClFN6O2S2. The molecule has 3 heterocycles. The van der Waals surface area contributed by atoms with Crippen molar-refractivity contribution in [1.29, 1.82) is 5.41 Å². The molecule has 0 spiro atoms. The quantitative estimate of drug-likeness (QED) is 0.392. The molecule has 2 atom stereocenters. The lowest BCUT2D eigenvalue weighted by Gasteiger charge is -2.32. The monoisotopic (exact) mass is 576 g/mol. The SMILES string of the molecule is CN/C=C\C(=N)C1=C2C[C@H](NS(=O)(=O)C3CCCCC3)CN2C(c2nccs2)=N[C@H]1c1ccc(F)cc1Cl. The van der Waals surface area contributed by atoms with E-state index in [0.717, 1.165) is 25.0 Å². The van der Waals surface area contributed by atoms with Gasteiger partial charge in [0.2, 0.25) is 10.0 Å². The first-order valence-corrected chi connectivity index (χ1v) is 15.5. The molecule has 0 amide bonds. The fourth-order valence-corrected chi connectivity index (χ4v) is 8.10. The number of thiazole rings is 1. The lowest BCUT2D eigenvalue weighted by molar-refractivity contribution is 0.466. The topological polar surface area (TPSA) is 111 Å². The summed E-state index contributed by atoms with van der Waals surface area (Å²) in [6.07, 6.45) is 9.64. The molecule has 3 aliphatic rings. The molecule has 1 saturated carbocycles. The van der Waals surface area contributed by atoms with Crippen LogP contribution in [-0.2, 0) is 10.0 Å². The number of rotatable bonds is 8. The molecule has 1 aromatic carbocycles. The van der Waals surface area contributed by atoms with Gasteiger partial charge in [0.1, 0.15) is 11.9 Å². The number of aliphatic imine (C=N–C) groups is 1. The molecule has 0 radical (unpaired) electrons. The number of nitrogens with zero attached hydrogens (tertiary/aromatic N) is 3. The number of amidine groups is 1. The summed E-state index contributed by atoms with van der Waals surface area (Å²) >= 11 is 7.93. The molecule has 1 aromatic heterocycles. The summed E-state index contributed by atoms with van der Waals surface area (Å²) in [5.41, 5.74) is 2.17. The van der Waals surface area contributed by atoms with E-state index >= 15 is 0 Å². The van der Waals surface area contributed by atoms with Crippen LogP contribution in [0.2, 0.25) is 5.02 Å². The van der Waals surface area contributed by atoms with E-state index in [2.05, 4.69) is 15.0 Å². The fourth-order valence-electron chi connectivity index (χ4n) is 5.42. The van der Waals surface area contributed by atoms with Gasteiger partial charge in [0.25, 0.3) is 0 Å². The van der Waals surface area contributed by atoms with Gasteiger partial charge in [-0.25, -0.2) is 22.5 Å². The van der Waals surface area contributed by atoms with Crippen LogP contribution in [0.3, 0.4) is 0 Å². The van der Waals surface area contributed by atoms with E-state index in [1.54, 1.807) is 31.6 Å². The van der Waals surface area contributed by atoms with Crippen molar-refractivity contribution >= 4 is 44.5 Å². The third-order valence-electron chi connectivity index (χ3n) is 7.17. The molecule has 0 bridgehead atoms. The van der Waals surface area contributed by atoms with Crippen LogP contribution >= 0.6 is 22.9 Å². The molecule has 5 rings (SSSR count). The Morgan fingerprint density at radius 2 is 2.08 bits per heavy atom. The summed E-state index contributed by atoms with van der Waals surface area (Å²) in [5, 5.41) is 14.2. The zero-order valence-corrected chi connectivity index (χ0v) is 23.3. The predicted octanol–water partition coefficient (Wildman–Crippen LogP) is 4.77. The van der Waals surface area contributed by atoms with Gasteiger partial charge in [-0.15, -0.1) is 11.3 Å². The molecular weight excluding hydrogens is 547 g/mol. The number of sulfonamides is 1. The van der Waals surface area contributed by atoms with Crippen LogP contribution in [0.5, 0.6) is 0 Å². The molecule has 2 aliphatic heterocycles. The maximum Gasteiger partial charge on any atom is 0.214 e. The Morgan fingerprint density at radius 3 is 2.76 bits per heavy atom. The van der Waals surface area contributed by atoms with Gasteiger partial charge >= 0.3 is 0 Å². The van der Waals surface area contributed by atoms with Gasteiger partial charge in [0.05, 0.1) is 11.0 Å². The largest absolute Gasteiger partial charge is 0.394 e. The van der Waals surface area contributed by atoms with Crippen molar-refractivity contribution in [2.24, 2.45) is 4.99 Å². The molecule has 2 fully saturated rings. The highest BCUT2D eigenvalue weighted by molar-refractivity contribution is 7.90. The minimum absolute atomic E-state index is 0.210. The zero-order chi connectivity index (χ0) is 26.9. The Morgan fingerprint density at radius 1 is 1.29 bits per heavy atom. The number of hydrogen-bond donors (Lipinski definition) is 3. The third kappa shape index (κ3) is 5.42. The first-order valence-electron chi connectivity index (χ1n) is 12.7. The molecule has 3 N–H and O–H groups in total. The van der Waals surface area contributed by atoms with Gasteiger partial charge in [-0.05, 0) is 37.3 Å². The lowest BCUT2D eigenvalue weighted by Crippen LogP contribution is -2.43. The Kier molecular flexibility index (Phi) is 7.99. The molecule has 12 heteroatoms. The average molecular weight is 577 g/mol. The number of hydrogen-bond acceptors (Lipinski definition) is 8. The summed E-state index contributed by atoms with van der Waals surface area (Å²) in [7, 11) is -1.76. The van der Waals surface area contributed by atoms with Crippen LogP contribution in [0.15, 0.2) is 58.3 Å². The van der Waals surface area contributed by atoms with Crippen molar-refractivity contribution in [2.45, 2.75) is 55.9 Å². The van der Waals surface area contributed by atoms with E-state index in [9.17, 15) is 12.8 Å². The minimum Gasteiger partial charge on any atom is -0.394 e. The van der Waals surface area contributed by atoms with E-state index in [1.807, 2.05) is 10.3 Å². The molecule has 8 nitrogen and oxygen atoms in total.